The number of thiazole rings is 1. The number of hydrogen-bond acceptors (Lipinski definition) is 6. The Morgan fingerprint density at radius 3 is 2.42 bits per heavy atom. The van der Waals surface area contributed by atoms with Gasteiger partial charge < -0.3 is 15.7 Å². The van der Waals surface area contributed by atoms with Crippen molar-refractivity contribution < 1.29 is 19.5 Å². The largest absolute Gasteiger partial charge is 0.478 e. The van der Waals surface area contributed by atoms with Gasteiger partial charge in [0.05, 0.1) is 11.4 Å². The predicted molar refractivity (Wildman–Crippen MR) is 123 cm³/mol. The highest BCUT2D eigenvalue weighted by Gasteiger charge is 2.09. The van der Waals surface area contributed by atoms with Crippen LogP contribution in [-0.2, 0) is 14.4 Å². The van der Waals surface area contributed by atoms with Gasteiger partial charge in [-0.15, -0.1) is 23.1 Å². The van der Waals surface area contributed by atoms with Crippen LogP contribution in [0.2, 0.25) is 0 Å². The topological polar surface area (TPSA) is 108 Å². The van der Waals surface area contributed by atoms with Gasteiger partial charge in [0, 0.05) is 33.7 Å². The second kappa shape index (κ2) is 10.6. The Morgan fingerprint density at radius 1 is 1.03 bits per heavy atom. The molecule has 3 N–H and O–H groups in total. The van der Waals surface area contributed by atoms with Gasteiger partial charge in [-0.3, -0.25) is 9.59 Å². The molecule has 3 rings (SSSR count). The summed E-state index contributed by atoms with van der Waals surface area (Å²) < 4.78 is 0. The second-order valence-corrected chi connectivity index (χ2v) is 8.33. The van der Waals surface area contributed by atoms with Gasteiger partial charge in [0.1, 0.15) is 0 Å². The highest BCUT2D eigenvalue weighted by molar-refractivity contribution is 8.00. The first kappa shape index (κ1) is 22.3. The molecular weight excluding hydrogens is 434 g/mol. The van der Waals surface area contributed by atoms with E-state index in [0.29, 0.717) is 10.8 Å². The number of carboxylic acids is 1. The minimum Gasteiger partial charge on any atom is -0.478 e. The van der Waals surface area contributed by atoms with Crippen LogP contribution in [0, 0.1) is 6.92 Å². The zero-order valence-electron chi connectivity index (χ0n) is 16.5. The van der Waals surface area contributed by atoms with E-state index in [0.717, 1.165) is 28.3 Å². The van der Waals surface area contributed by atoms with Gasteiger partial charge >= 0.3 is 5.97 Å². The van der Waals surface area contributed by atoms with Crippen LogP contribution in [0.1, 0.15) is 5.56 Å². The van der Waals surface area contributed by atoms with E-state index in [2.05, 4.69) is 15.6 Å². The summed E-state index contributed by atoms with van der Waals surface area (Å²) in [5, 5.41) is 16.3. The van der Waals surface area contributed by atoms with E-state index in [1.54, 1.807) is 24.3 Å². The molecule has 9 heteroatoms. The van der Waals surface area contributed by atoms with Crippen molar-refractivity contribution in [2.45, 2.75) is 11.8 Å². The van der Waals surface area contributed by atoms with Crippen molar-refractivity contribution in [1.29, 1.82) is 0 Å². The number of hydrogen-bond donors (Lipinski definition) is 3. The number of thioether (sulfide) groups is 1. The lowest BCUT2D eigenvalue weighted by atomic mass is 10.1. The van der Waals surface area contributed by atoms with Crippen LogP contribution in [0.4, 0.5) is 10.8 Å². The van der Waals surface area contributed by atoms with E-state index in [1.807, 2.05) is 36.6 Å². The molecule has 2 aromatic carbocycles. The first-order valence-electron chi connectivity index (χ1n) is 9.16. The lowest BCUT2D eigenvalue weighted by molar-refractivity contribution is -0.131. The fraction of sp³-hybridized carbons (Fsp3) is 0.0909. The van der Waals surface area contributed by atoms with E-state index >= 15 is 0 Å². The Hall–Kier alpha value is -3.43. The number of aliphatic carboxylic acids is 1. The third kappa shape index (κ3) is 7.09. The van der Waals surface area contributed by atoms with E-state index in [4.69, 9.17) is 5.11 Å². The van der Waals surface area contributed by atoms with Crippen molar-refractivity contribution in [3.05, 3.63) is 71.6 Å². The van der Waals surface area contributed by atoms with Gasteiger partial charge in [0.15, 0.2) is 5.13 Å². The summed E-state index contributed by atoms with van der Waals surface area (Å²) >= 11 is 2.73. The zero-order chi connectivity index (χ0) is 22.2. The zero-order valence-corrected chi connectivity index (χ0v) is 18.1. The van der Waals surface area contributed by atoms with Crippen LogP contribution in [0.5, 0.6) is 0 Å². The van der Waals surface area contributed by atoms with Crippen molar-refractivity contribution in [3.8, 4) is 11.3 Å². The van der Waals surface area contributed by atoms with Gasteiger partial charge in [-0.25, -0.2) is 9.78 Å². The summed E-state index contributed by atoms with van der Waals surface area (Å²) in [4.78, 5) is 39.5. The average molecular weight is 454 g/mol. The molecule has 158 valence electrons. The molecule has 0 radical (unpaired) electrons. The molecule has 0 atom stereocenters. The highest BCUT2D eigenvalue weighted by atomic mass is 32.2. The Bertz CT molecular complexity index is 1110. The van der Waals surface area contributed by atoms with Crippen molar-refractivity contribution in [3.63, 3.8) is 0 Å². The molecule has 31 heavy (non-hydrogen) atoms. The van der Waals surface area contributed by atoms with Crippen molar-refractivity contribution in [2.75, 3.05) is 16.4 Å². The maximum atomic E-state index is 12.2. The molecule has 1 heterocycles. The summed E-state index contributed by atoms with van der Waals surface area (Å²) in [5.74, 6) is -1.67. The van der Waals surface area contributed by atoms with Crippen LogP contribution in [0.25, 0.3) is 11.3 Å². The fourth-order valence-corrected chi connectivity index (χ4v) is 3.89. The minimum atomic E-state index is -1.19. The number of anilines is 2. The van der Waals surface area contributed by atoms with E-state index in [-0.39, 0.29) is 11.7 Å². The molecule has 0 saturated heterocycles. The number of rotatable bonds is 8. The van der Waals surface area contributed by atoms with Crippen LogP contribution >= 0.6 is 23.1 Å². The van der Waals surface area contributed by atoms with Crippen LogP contribution < -0.4 is 10.6 Å². The van der Waals surface area contributed by atoms with Crippen molar-refractivity contribution >= 4 is 51.7 Å². The van der Waals surface area contributed by atoms with Gasteiger partial charge in [0.25, 0.3) is 0 Å². The number of carbonyl (C=O) groups is 3. The Kier molecular flexibility index (Phi) is 7.58. The molecule has 7 nitrogen and oxygen atoms in total. The number of carbonyl (C=O) groups excluding carboxylic acids is 2. The summed E-state index contributed by atoms with van der Waals surface area (Å²) in [6.07, 6.45) is 1.71. The quantitative estimate of drug-likeness (QED) is 0.344. The van der Waals surface area contributed by atoms with Crippen molar-refractivity contribution in [1.82, 2.24) is 4.98 Å². The van der Waals surface area contributed by atoms with Crippen molar-refractivity contribution in [2.24, 2.45) is 0 Å². The third-order valence-electron chi connectivity index (χ3n) is 3.97. The van der Waals surface area contributed by atoms with Gasteiger partial charge in [-0.1, -0.05) is 29.8 Å². The molecule has 0 spiro atoms. The smallest absolute Gasteiger partial charge is 0.328 e. The normalized spacial score (nSPS) is 10.7. The lowest BCUT2D eigenvalue weighted by Crippen LogP contribution is -2.13. The van der Waals surface area contributed by atoms with Gasteiger partial charge in [0.2, 0.25) is 11.8 Å². The first-order valence-corrected chi connectivity index (χ1v) is 11.0. The van der Waals surface area contributed by atoms with Crippen LogP contribution in [0.15, 0.2) is 71.0 Å². The maximum absolute atomic E-state index is 12.2. The van der Waals surface area contributed by atoms with Gasteiger partial charge in [-0.2, -0.15) is 0 Å². The standard InChI is InChI=1S/C22H19N3O4S2/c1-14-2-4-15(5-3-14)18-12-31-22(24-18)25-20(27)13-30-17-8-6-16(7-9-17)23-19(26)10-11-21(28)29/h2-12H,13H2,1H3,(H,23,26)(H,28,29)(H,24,25,27)/b11-10+. The number of benzene rings is 2. The summed E-state index contributed by atoms with van der Waals surface area (Å²) in [5.41, 5.74) is 3.53. The number of amides is 2. The maximum Gasteiger partial charge on any atom is 0.328 e. The SMILES string of the molecule is Cc1ccc(-c2csc(NC(=O)CSc3ccc(NC(=O)/C=C/C(=O)O)cc3)n2)cc1. The minimum absolute atomic E-state index is 0.161. The number of nitrogens with one attached hydrogen (secondary N) is 2. The Labute approximate surface area is 187 Å². The molecule has 0 saturated carbocycles. The predicted octanol–water partition coefficient (Wildman–Crippen LogP) is 4.43. The molecule has 0 aliphatic rings. The summed E-state index contributed by atoms with van der Waals surface area (Å²) in [7, 11) is 0. The molecule has 0 aliphatic heterocycles. The molecule has 0 bridgehead atoms. The molecule has 3 aromatic rings. The average Bonchev–Trinajstić information content (AvgIpc) is 3.20. The van der Waals surface area contributed by atoms with E-state index < -0.39 is 11.9 Å². The lowest BCUT2D eigenvalue weighted by Gasteiger charge is -2.05. The van der Waals surface area contributed by atoms with Crippen LogP contribution in [0.3, 0.4) is 0 Å². The Balaban J connectivity index is 1.48. The van der Waals surface area contributed by atoms with Gasteiger partial charge in [-0.05, 0) is 31.2 Å². The third-order valence-corrected chi connectivity index (χ3v) is 5.74. The first-order chi connectivity index (χ1) is 14.9. The fourth-order valence-electron chi connectivity index (χ4n) is 2.46. The monoisotopic (exact) mass is 453 g/mol. The number of nitrogens with zero attached hydrogens (tertiary/aromatic N) is 1. The molecule has 2 amide bonds. The van der Waals surface area contributed by atoms with Crippen LogP contribution in [-0.4, -0.2) is 33.6 Å². The molecule has 0 fully saturated rings. The van der Waals surface area contributed by atoms with E-state index in [1.165, 1.54) is 28.7 Å². The Morgan fingerprint density at radius 2 is 1.74 bits per heavy atom. The molecule has 1 aromatic heterocycles. The molecule has 0 aliphatic carbocycles. The molecular formula is C22H19N3O4S2. The molecule has 0 unspecified atom stereocenters. The van der Waals surface area contributed by atoms with E-state index in [9.17, 15) is 14.4 Å². The number of aryl methyl sites for hydroxylation is 1. The number of carboxylic acid groups (broad SMARTS) is 1. The second-order valence-electron chi connectivity index (χ2n) is 6.43. The number of aromatic nitrogens is 1. The summed E-state index contributed by atoms with van der Waals surface area (Å²) in [6.45, 7) is 2.03. The highest BCUT2D eigenvalue weighted by Crippen LogP contribution is 2.26. The summed E-state index contributed by atoms with van der Waals surface area (Å²) in [6, 6.07) is 14.9.